The van der Waals surface area contributed by atoms with Crippen molar-refractivity contribution in [2.45, 2.75) is 26.5 Å². The molecule has 1 unspecified atom stereocenters. The molecule has 2 N–H and O–H groups in total. The summed E-state index contributed by atoms with van der Waals surface area (Å²) in [6, 6.07) is 15.5. The summed E-state index contributed by atoms with van der Waals surface area (Å²) < 4.78 is 17.3. The van der Waals surface area contributed by atoms with Crippen molar-refractivity contribution in [2.75, 3.05) is 19.0 Å². The van der Waals surface area contributed by atoms with Crippen LogP contribution in [0.2, 0.25) is 0 Å². The third-order valence-corrected chi connectivity index (χ3v) is 5.20. The van der Waals surface area contributed by atoms with Gasteiger partial charge in [-0.2, -0.15) is 0 Å². The number of anilines is 1. The fraction of sp³-hybridized carbons (Fsp3) is 0.273. The Morgan fingerprint density at radius 3 is 2.63 bits per heavy atom. The van der Waals surface area contributed by atoms with Gasteiger partial charge in [-0.15, -0.1) is 5.10 Å². The molecule has 1 heterocycles. The zero-order valence-corrected chi connectivity index (χ0v) is 18.7. The van der Waals surface area contributed by atoms with Crippen LogP contribution < -0.4 is 25.1 Å². The summed E-state index contributed by atoms with van der Waals surface area (Å²) in [5.74, 6) is 1.63. The van der Waals surface area contributed by atoms with Crippen molar-refractivity contribution in [3.63, 3.8) is 0 Å². The molecule has 0 saturated heterocycles. The van der Waals surface area contributed by atoms with Crippen molar-refractivity contribution < 1.29 is 14.2 Å². The third-order valence-electron chi connectivity index (χ3n) is 4.45. The number of aromatic amines is 1. The topological polar surface area (TPSA) is 85.5 Å². The molecule has 3 aromatic rings. The first-order valence-corrected chi connectivity index (χ1v) is 10.4. The van der Waals surface area contributed by atoms with Gasteiger partial charge in [0.2, 0.25) is 0 Å². The summed E-state index contributed by atoms with van der Waals surface area (Å²) in [7, 11) is 1.60. The molecule has 8 heteroatoms. The molecule has 0 saturated carbocycles. The molecule has 0 amide bonds. The minimum absolute atomic E-state index is 0.248. The molecule has 0 radical (unpaired) electrons. The van der Waals surface area contributed by atoms with Crippen molar-refractivity contribution in [2.24, 2.45) is 0 Å². The van der Waals surface area contributed by atoms with Gasteiger partial charge in [0.1, 0.15) is 16.3 Å². The highest BCUT2D eigenvalue weighted by atomic mass is 79.9. The van der Waals surface area contributed by atoms with E-state index in [2.05, 4.69) is 31.4 Å². The lowest BCUT2D eigenvalue weighted by Crippen LogP contribution is -2.16. The maximum absolute atomic E-state index is 12.1. The summed E-state index contributed by atoms with van der Waals surface area (Å²) in [6.07, 6.45) is -0.248. The number of rotatable bonds is 9. The van der Waals surface area contributed by atoms with Gasteiger partial charge in [-0.05, 0) is 53.0 Å². The Bertz CT molecular complexity index is 1040. The molecule has 2 aromatic carbocycles. The van der Waals surface area contributed by atoms with Crippen molar-refractivity contribution in [3.8, 4) is 17.4 Å². The summed E-state index contributed by atoms with van der Waals surface area (Å²) in [5.41, 5.74) is 2.09. The van der Waals surface area contributed by atoms with Crippen LogP contribution in [0.4, 0.5) is 5.69 Å². The molecular weight excluding hydrogens is 450 g/mol. The van der Waals surface area contributed by atoms with Gasteiger partial charge in [-0.3, -0.25) is 4.79 Å². The molecule has 3 rings (SSSR count). The van der Waals surface area contributed by atoms with Crippen molar-refractivity contribution in [1.29, 1.82) is 0 Å². The zero-order chi connectivity index (χ0) is 21.5. The van der Waals surface area contributed by atoms with Crippen LogP contribution in [-0.4, -0.2) is 23.9 Å². The molecule has 7 nitrogen and oxygen atoms in total. The average molecular weight is 474 g/mol. The number of nitrogens with zero attached hydrogens (tertiary/aromatic N) is 1. The smallest absolute Gasteiger partial charge is 0.280 e. The molecule has 0 aliphatic rings. The van der Waals surface area contributed by atoms with Crippen LogP contribution in [0.3, 0.4) is 0 Å². The van der Waals surface area contributed by atoms with E-state index in [0.29, 0.717) is 40.7 Å². The van der Waals surface area contributed by atoms with Gasteiger partial charge >= 0.3 is 0 Å². The Morgan fingerprint density at radius 2 is 1.93 bits per heavy atom. The molecule has 158 valence electrons. The van der Waals surface area contributed by atoms with Crippen LogP contribution in [0.5, 0.6) is 17.4 Å². The summed E-state index contributed by atoms with van der Waals surface area (Å²) >= 11 is 3.34. The van der Waals surface area contributed by atoms with Crippen LogP contribution in [-0.2, 0) is 6.54 Å². The van der Waals surface area contributed by atoms with E-state index >= 15 is 0 Å². The van der Waals surface area contributed by atoms with E-state index in [1.165, 1.54) is 0 Å². The Balaban J connectivity index is 1.82. The predicted octanol–water partition coefficient (Wildman–Crippen LogP) is 4.69. The maximum Gasteiger partial charge on any atom is 0.280 e. The Labute approximate surface area is 183 Å². The lowest BCUT2D eigenvalue weighted by Gasteiger charge is -2.18. The largest absolute Gasteiger partial charge is 0.493 e. The van der Waals surface area contributed by atoms with Gasteiger partial charge in [0.25, 0.3) is 11.4 Å². The van der Waals surface area contributed by atoms with Crippen LogP contribution in [0.1, 0.15) is 31.1 Å². The number of benzene rings is 2. The number of nitrogens with one attached hydrogen (secondary N) is 2. The number of methoxy groups -OCH3 is 1. The first-order chi connectivity index (χ1) is 14.5. The maximum atomic E-state index is 12.1. The number of ether oxygens (including phenoxy) is 3. The Kier molecular flexibility index (Phi) is 7.35. The fourth-order valence-electron chi connectivity index (χ4n) is 2.90. The van der Waals surface area contributed by atoms with Crippen LogP contribution in [0, 0.1) is 0 Å². The average Bonchev–Trinajstić information content (AvgIpc) is 2.77. The van der Waals surface area contributed by atoms with E-state index in [9.17, 15) is 4.79 Å². The molecule has 0 aliphatic carbocycles. The first-order valence-electron chi connectivity index (χ1n) is 9.56. The fourth-order valence-corrected chi connectivity index (χ4v) is 3.30. The third kappa shape index (κ3) is 5.13. The van der Waals surface area contributed by atoms with Crippen LogP contribution >= 0.6 is 15.9 Å². The standard InChI is InChI=1S/C22H24BrN3O4/c1-4-29-18-12-15(10-11-17(18)28-3)13-24-20-19(23)21(27)25-26-22(20)30-14(2)16-8-6-5-7-9-16/h5-12,14H,4,13H2,1-3H3,(H2,24,25,27). The number of aromatic nitrogens is 2. The molecule has 0 fully saturated rings. The highest BCUT2D eigenvalue weighted by Gasteiger charge is 2.17. The summed E-state index contributed by atoms with van der Waals surface area (Å²) in [6.45, 7) is 4.81. The van der Waals surface area contributed by atoms with E-state index in [1.54, 1.807) is 7.11 Å². The number of halogens is 1. The molecule has 0 bridgehead atoms. The van der Waals surface area contributed by atoms with Gasteiger partial charge in [0.05, 0.1) is 13.7 Å². The lowest BCUT2D eigenvalue weighted by molar-refractivity contribution is 0.216. The molecule has 0 aliphatic heterocycles. The van der Waals surface area contributed by atoms with Crippen molar-refractivity contribution in [3.05, 3.63) is 74.5 Å². The van der Waals surface area contributed by atoms with E-state index in [0.717, 1.165) is 11.1 Å². The van der Waals surface area contributed by atoms with E-state index < -0.39 is 0 Å². The minimum Gasteiger partial charge on any atom is -0.493 e. The summed E-state index contributed by atoms with van der Waals surface area (Å²) in [5, 5.41) is 9.80. The van der Waals surface area contributed by atoms with Gasteiger partial charge in [-0.1, -0.05) is 36.4 Å². The van der Waals surface area contributed by atoms with Gasteiger partial charge < -0.3 is 19.5 Å². The first kappa shape index (κ1) is 21.7. The second-order valence-corrected chi connectivity index (χ2v) is 7.28. The van der Waals surface area contributed by atoms with Crippen molar-refractivity contribution >= 4 is 21.6 Å². The van der Waals surface area contributed by atoms with Gasteiger partial charge in [0.15, 0.2) is 11.5 Å². The SMILES string of the molecule is CCOc1cc(CNc2c(OC(C)c3ccccc3)n[nH]c(=O)c2Br)ccc1OC. The predicted molar refractivity (Wildman–Crippen MR) is 120 cm³/mol. The number of hydrogen-bond donors (Lipinski definition) is 2. The summed E-state index contributed by atoms with van der Waals surface area (Å²) in [4.78, 5) is 12.1. The monoisotopic (exact) mass is 473 g/mol. The van der Waals surface area contributed by atoms with Crippen LogP contribution in [0.15, 0.2) is 57.8 Å². The minimum atomic E-state index is -0.345. The highest BCUT2D eigenvalue weighted by Crippen LogP contribution is 2.32. The van der Waals surface area contributed by atoms with Gasteiger partial charge in [0, 0.05) is 6.54 Å². The highest BCUT2D eigenvalue weighted by molar-refractivity contribution is 9.10. The second-order valence-electron chi connectivity index (χ2n) is 6.49. The van der Waals surface area contributed by atoms with E-state index in [1.807, 2.05) is 62.4 Å². The molecular formula is C22H24BrN3O4. The molecule has 0 spiro atoms. The van der Waals surface area contributed by atoms with E-state index in [-0.39, 0.29) is 11.7 Å². The van der Waals surface area contributed by atoms with Crippen LogP contribution in [0.25, 0.3) is 0 Å². The number of H-pyrrole nitrogens is 1. The molecule has 1 atom stereocenters. The lowest BCUT2D eigenvalue weighted by atomic mass is 10.1. The Morgan fingerprint density at radius 1 is 1.17 bits per heavy atom. The zero-order valence-electron chi connectivity index (χ0n) is 17.1. The second kappa shape index (κ2) is 10.2. The van der Waals surface area contributed by atoms with E-state index in [4.69, 9.17) is 14.2 Å². The normalized spacial score (nSPS) is 11.6. The van der Waals surface area contributed by atoms with Crippen molar-refractivity contribution in [1.82, 2.24) is 10.2 Å². The van der Waals surface area contributed by atoms with Gasteiger partial charge in [-0.25, -0.2) is 5.10 Å². The quantitative estimate of drug-likeness (QED) is 0.468. The molecule has 30 heavy (non-hydrogen) atoms. The Hall–Kier alpha value is -3.00. The number of hydrogen-bond acceptors (Lipinski definition) is 6. The molecule has 1 aromatic heterocycles.